The Morgan fingerprint density at radius 2 is 1.95 bits per heavy atom. The first kappa shape index (κ1) is 15.7. The van der Waals surface area contributed by atoms with Gasteiger partial charge in [-0.25, -0.2) is 0 Å². The molecule has 1 atom stereocenters. The van der Waals surface area contributed by atoms with E-state index >= 15 is 0 Å². The van der Waals surface area contributed by atoms with Crippen LogP contribution < -0.4 is 0 Å². The van der Waals surface area contributed by atoms with Crippen molar-refractivity contribution in [3.05, 3.63) is 31.8 Å². The van der Waals surface area contributed by atoms with Crippen LogP contribution in [-0.4, -0.2) is 47.9 Å². The van der Waals surface area contributed by atoms with E-state index < -0.39 is 0 Å². The molecular formula is C16H20BrIN2O. The van der Waals surface area contributed by atoms with E-state index in [2.05, 4.69) is 43.4 Å². The normalized spacial score (nSPS) is 23.5. The number of hydrogen-bond donors (Lipinski definition) is 0. The zero-order chi connectivity index (χ0) is 14.8. The van der Waals surface area contributed by atoms with Gasteiger partial charge < -0.3 is 4.90 Å². The zero-order valence-corrected chi connectivity index (χ0v) is 15.8. The fraction of sp³-hybridized carbons (Fsp3) is 0.562. The summed E-state index contributed by atoms with van der Waals surface area (Å²) in [6.45, 7) is 4.19. The van der Waals surface area contributed by atoms with Crippen LogP contribution in [-0.2, 0) is 0 Å². The van der Waals surface area contributed by atoms with Crippen molar-refractivity contribution in [3.63, 3.8) is 0 Å². The number of nitrogens with zero attached hydrogens (tertiary/aromatic N) is 2. The predicted octanol–water partition coefficient (Wildman–Crippen LogP) is 3.75. The van der Waals surface area contributed by atoms with Gasteiger partial charge in [0.05, 0.1) is 5.56 Å². The molecule has 0 radical (unpaired) electrons. The molecule has 0 aromatic heterocycles. The van der Waals surface area contributed by atoms with Crippen LogP contribution in [0.3, 0.4) is 0 Å². The van der Waals surface area contributed by atoms with Crippen molar-refractivity contribution in [2.45, 2.75) is 31.7 Å². The summed E-state index contributed by atoms with van der Waals surface area (Å²) in [5, 5.41) is 0. The second-order valence-electron chi connectivity index (χ2n) is 5.91. The zero-order valence-electron chi connectivity index (χ0n) is 12.0. The molecule has 2 heterocycles. The highest BCUT2D eigenvalue weighted by atomic mass is 127. The molecule has 5 heteroatoms. The summed E-state index contributed by atoms with van der Waals surface area (Å²) in [7, 11) is 0. The number of halogens is 2. The van der Waals surface area contributed by atoms with Gasteiger partial charge in [0.25, 0.3) is 5.91 Å². The number of carbonyl (C=O) groups is 1. The number of carbonyl (C=O) groups excluding carboxylic acids is 1. The lowest BCUT2D eigenvalue weighted by Crippen LogP contribution is -2.41. The lowest BCUT2D eigenvalue weighted by Gasteiger charge is -2.32. The number of benzene rings is 1. The van der Waals surface area contributed by atoms with Gasteiger partial charge in [0.1, 0.15) is 0 Å². The number of piperidine rings is 1. The maximum atomic E-state index is 12.7. The quantitative estimate of drug-likeness (QED) is 0.625. The minimum Gasteiger partial charge on any atom is -0.337 e. The minimum atomic E-state index is 0.167. The van der Waals surface area contributed by atoms with Gasteiger partial charge in [0.15, 0.2) is 0 Å². The fourth-order valence-corrected chi connectivity index (χ4v) is 4.25. The summed E-state index contributed by atoms with van der Waals surface area (Å²) in [4.78, 5) is 17.3. The van der Waals surface area contributed by atoms with Crippen LogP contribution in [0.15, 0.2) is 22.7 Å². The molecule has 21 heavy (non-hydrogen) atoms. The first-order valence-electron chi connectivity index (χ1n) is 7.63. The molecule has 2 aliphatic heterocycles. The number of likely N-dealkylation sites (tertiary alicyclic amines) is 2. The topological polar surface area (TPSA) is 23.6 Å². The van der Waals surface area contributed by atoms with E-state index in [1.165, 1.54) is 32.4 Å². The average Bonchev–Trinajstić information content (AvgIpc) is 3.00. The van der Waals surface area contributed by atoms with Gasteiger partial charge in [0.2, 0.25) is 0 Å². The van der Waals surface area contributed by atoms with Gasteiger partial charge in [-0.05, 0) is 89.1 Å². The van der Waals surface area contributed by atoms with Crippen LogP contribution in [0.2, 0.25) is 0 Å². The predicted molar refractivity (Wildman–Crippen MR) is 96.6 cm³/mol. The fourth-order valence-electron chi connectivity index (χ4n) is 3.34. The van der Waals surface area contributed by atoms with Crippen LogP contribution in [0, 0.1) is 3.57 Å². The van der Waals surface area contributed by atoms with E-state index in [1.54, 1.807) is 0 Å². The van der Waals surface area contributed by atoms with Crippen molar-refractivity contribution >= 4 is 44.4 Å². The van der Waals surface area contributed by atoms with E-state index in [0.29, 0.717) is 6.04 Å². The molecule has 1 aromatic carbocycles. The summed E-state index contributed by atoms with van der Waals surface area (Å²) in [6.07, 6.45) is 5.11. The van der Waals surface area contributed by atoms with Crippen molar-refractivity contribution < 1.29 is 4.79 Å². The number of rotatable bonds is 2. The molecule has 2 aliphatic rings. The Hall–Kier alpha value is -0.140. The van der Waals surface area contributed by atoms with Crippen LogP contribution in [0.5, 0.6) is 0 Å². The molecule has 0 saturated carbocycles. The van der Waals surface area contributed by atoms with Crippen molar-refractivity contribution in [2.24, 2.45) is 0 Å². The molecule has 2 fully saturated rings. The van der Waals surface area contributed by atoms with Crippen molar-refractivity contribution in [2.75, 3.05) is 26.2 Å². The minimum absolute atomic E-state index is 0.167. The summed E-state index contributed by atoms with van der Waals surface area (Å²) in [5.41, 5.74) is 0.793. The van der Waals surface area contributed by atoms with Crippen molar-refractivity contribution in [1.29, 1.82) is 0 Å². The average molecular weight is 463 g/mol. The lowest BCUT2D eigenvalue weighted by atomic mass is 10.1. The van der Waals surface area contributed by atoms with Gasteiger partial charge in [-0.2, -0.15) is 0 Å². The lowest BCUT2D eigenvalue weighted by molar-refractivity contribution is 0.0770. The Balaban J connectivity index is 1.67. The summed E-state index contributed by atoms with van der Waals surface area (Å²) in [6, 6.07) is 6.52. The van der Waals surface area contributed by atoms with E-state index in [0.717, 1.165) is 33.1 Å². The monoisotopic (exact) mass is 462 g/mol. The molecule has 1 amide bonds. The third-order valence-electron chi connectivity index (χ3n) is 4.52. The Morgan fingerprint density at radius 1 is 1.19 bits per heavy atom. The van der Waals surface area contributed by atoms with E-state index in [4.69, 9.17) is 0 Å². The van der Waals surface area contributed by atoms with Gasteiger partial charge in [-0.1, -0.05) is 6.42 Å². The molecule has 3 nitrogen and oxygen atoms in total. The largest absolute Gasteiger partial charge is 0.337 e. The van der Waals surface area contributed by atoms with Crippen LogP contribution >= 0.6 is 38.5 Å². The Bertz CT molecular complexity index is 531. The highest BCUT2D eigenvalue weighted by Gasteiger charge is 2.31. The first-order chi connectivity index (χ1) is 10.1. The van der Waals surface area contributed by atoms with Gasteiger partial charge >= 0.3 is 0 Å². The van der Waals surface area contributed by atoms with Gasteiger partial charge in [0, 0.05) is 27.2 Å². The van der Waals surface area contributed by atoms with Gasteiger partial charge in [-0.3, -0.25) is 9.69 Å². The standard InChI is InChI=1S/C16H20BrIN2O/c17-15-5-4-12(18)10-14(15)16(21)20-9-6-13(11-20)19-7-2-1-3-8-19/h4-5,10,13H,1-3,6-9,11H2. The second-order valence-corrected chi connectivity index (χ2v) is 8.01. The van der Waals surface area contributed by atoms with Crippen LogP contribution in [0.4, 0.5) is 0 Å². The Morgan fingerprint density at radius 3 is 2.71 bits per heavy atom. The first-order valence-corrected chi connectivity index (χ1v) is 9.51. The molecule has 0 aliphatic carbocycles. The highest BCUT2D eigenvalue weighted by Crippen LogP contribution is 2.25. The smallest absolute Gasteiger partial charge is 0.255 e. The Labute approximate surface area is 148 Å². The molecule has 3 rings (SSSR count). The summed E-state index contributed by atoms with van der Waals surface area (Å²) in [5.74, 6) is 0.167. The van der Waals surface area contributed by atoms with E-state index in [-0.39, 0.29) is 5.91 Å². The van der Waals surface area contributed by atoms with Gasteiger partial charge in [-0.15, -0.1) is 0 Å². The van der Waals surface area contributed by atoms with E-state index in [1.807, 2.05) is 23.1 Å². The summed E-state index contributed by atoms with van der Waals surface area (Å²) < 4.78 is 2.00. The molecule has 2 saturated heterocycles. The molecule has 1 unspecified atom stereocenters. The molecule has 0 bridgehead atoms. The number of hydrogen-bond acceptors (Lipinski definition) is 2. The van der Waals surface area contributed by atoms with Crippen molar-refractivity contribution in [1.82, 2.24) is 9.80 Å². The van der Waals surface area contributed by atoms with Crippen molar-refractivity contribution in [3.8, 4) is 0 Å². The summed E-state index contributed by atoms with van der Waals surface area (Å²) >= 11 is 5.77. The Kier molecular flexibility index (Phi) is 5.22. The van der Waals surface area contributed by atoms with E-state index in [9.17, 15) is 4.79 Å². The third kappa shape index (κ3) is 3.62. The van der Waals surface area contributed by atoms with Crippen LogP contribution in [0.1, 0.15) is 36.0 Å². The third-order valence-corrected chi connectivity index (χ3v) is 5.88. The molecule has 1 aromatic rings. The molecule has 114 valence electrons. The number of amides is 1. The molecular weight excluding hydrogens is 443 g/mol. The maximum absolute atomic E-state index is 12.7. The maximum Gasteiger partial charge on any atom is 0.255 e. The molecule has 0 N–H and O–H groups in total. The highest BCUT2D eigenvalue weighted by molar-refractivity contribution is 14.1. The second kappa shape index (κ2) is 6.96. The molecule has 0 spiro atoms. The SMILES string of the molecule is O=C(c1cc(I)ccc1Br)N1CCC(N2CCCCC2)C1. The van der Waals surface area contributed by atoms with Crippen LogP contribution in [0.25, 0.3) is 0 Å².